The molecule has 0 radical (unpaired) electrons. The van der Waals surface area contributed by atoms with Crippen LogP contribution in [0.25, 0.3) is 16.7 Å². The van der Waals surface area contributed by atoms with Gasteiger partial charge in [-0.3, -0.25) is 14.2 Å². The zero-order valence-electron chi connectivity index (χ0n) is 15.8. The lowest BCUT2D eigenvalue weighted by molar-refractivity contribution is 0.102. The van der Waals surface area contributed by atoms with Crippen molar-refractivity contribution in [3.8, 4) is 11.4 Å². The van der Waals surface area contributed by atoms with Crippen molar-refractivity contribution < 1.29 is 9.90 Å². The molecule has 0 atom stereocenters. The number of nitrogens with zero attached hydrogens (tertiary/aromatic N) is 2. The van der Waals surface area contributed by atoms with Crippen molar-refractivity contribution in [3.63, 3.8) is 0 Å². The van der Waals surface area contributed by atoms with Crippen LogP contribution in [0.3, 0.4) is 0 Å². The van der Waals surface area contributed by atoms with Gasteiger partial charge in [-0.2, -0.15) is 0 Å². The number of aromatic nitrogens is 2. The molecule has 0 fully saturated rings. The maximum absolute atomic E-state index is 13.3. The molecule has 0 unspecified atom stereocenters. The average Bonchev–Trinajstić information content (AvgIpc) is 2.75. The van der Waals surface area contributed by atoms with E-state index in [0.717, 1.165) is 12.0 Å². The monoisotopic (exact) mass is 385 g/mol. The molecule has 29 heavy (non-hydrogen) atoms. The number of fused-ring (bicyclic) bond motifs is 1. The van der Waals surface area contributed by atoms with Crippen LogP contribution in [0, 0.1) is 0 Å². The molecule has 0 spiro atoms. The second-order valence-corrected chi connectivity index (χ2v) is 6.54. The smallest absolute Gasteiger partial charge is 0.273 e. The zero-order valence-corrected chi connectivity index (χ0v) is 15.8. The molecular formula is C23H19N3O3. The van der Waals surface area contributed by atoms with Gasteiger partial charge < -0.3 is 10.4 Å². The summed E-state index contributed by atoms with van der Waals surface area (Å²) in [5.41, 5.74) is 1.44. The molecule has 0 saturated heterocycles. The zero-order chi connectivity index (χ0) is 20.4. The molecule has 4 aromatic rings. The Morgan fingerprint density at radius 1 is 1.03 bits per heavy atom. The molecular weight excluding hydrogens is 366 g/mol. The SMILES string of the molecule is CCc1ccccc1NC(=O)c1c(O)c2cccnc2n(-c2ccccc2)c1=O. The van der Waals surface area contributed by atoms with Crippen LogP contribution in [0.15, 0.2) is 77.7 Å². The van der Waals surface area contributed by atoms with E-state index in [1.807, 2.05) is 25.1 Å². The van der Waals surface area contributed by atoms with Crippen LogP contribution in [0.5, 0.6) is 5.75 Å². The van der Waals surface area contributed by atoms with Gasteiger partial charge in [0.1, 0.15) is 11.3 Å². The molecule has 2 aromatic carbocycles. The quantitative estimate of drug-likeness (QED) is 0.558. The highest BCUT2D eigenvalue weighted by atomic mass is 16.3. The van der Waals surface area contributed by atoms with Crippen molar-refractivity contribution in [1.29, 1.82) is 0 Å². The minimum atomic E-state index is -0.663. The number of benzene rings is 2. The third kappa shape index (κ3) is 3.25. The number of anilines is 1. The van der Waals surface area contributed by atoms with E-state index in [1.54, 1.807) is 48.5 Å². The Balaban J connectivity index is 1.93. The number of hydrogen-bond acceptors (Lipinski definition) is 4. The van der Waals surface area contributed by atoms with E-state index in [0.29, 0.717) is 16.8 Å². The van der Waals surface area contributed by atoms with E-state index in [1.165, 1.54) is 10.8 Å². The summed E-state index contributed by atoms with van der Waals surface area (Å²) in [6, 6.07) is 19.6. The van der Waals surface area contributed by atoms with E-state index in [4.69, 9.17) is 0 Å². The van der Waals surface area contributed by atoms with Crippen LogP contribution in [0.1, 0.15) is 22.8 Å². The molecule has 1 amide bonds. The first-order valence-electron chi connectivity index (χ1n) is 9.29. The molecule has 6 nitrogen and oxygen atoms in total. The summed E-state index contributed by atoms with van der Waals surface area (Å²) in [6.07, 6.45) is 2.26. The van der Waals surface area contributed by atoms with Gasteiger partial charge in [-0.05, 0) is 42.3 Å². The number of nitrogens with one attached hydrogen (secondary N) is 1. The summed E-state index contributed by atoms with van der Waals surface area (Å²) in [5, 5.41) is 13.9. The van der Waals surface area contributed by atoms with Gasteiger partial charge in [-0.15, -0.1) is 0 Å². The van der Waals surface area contributed by atoms with Gasteiger partial charge >= 0.3 is 0 Å². The number of carbonyl (C=O) groups is 1. The molecule has 0 aliphatic heterocycles. The second-order valence-electron chi connectivity index (χ2n) is 6.54. The Morgan fingerprint density at radius 3 is 2.52 bits per heavy atom. The van der Waals surface area contributed by atoms with Gasteiger partial charge in [0.25, 0.3) is 11.5 Å². The maximum Gasteiger partial charge on any atom is 0.273 e. The summed E-state index contributed by atoms with van der Waals surface area (Å²) in [4.78, 5) is 30.6. The van der Waals surface area contributed by atoms with E-state index < -0.39 is 11.5 Å². The fourth-order valence-corrected chi connectivity index (χ4v) is 3.36. The minimum absolute atomic E-state index is 0.284. The van der Waals surface area contributed by atoms with E-state index in [2.05, 4.69) is 10.3 Å². The maximum atomic E-state index is 13.3. The van der Waals surface area contributed by atoms with E-state index >= 15 is 0 Å². The van der Waals surface area contributed by atoms with Crippen LogP contribution in [0.2, 0.25) is 0 Å². The number of aryl methyl sites for hydroxylation is 1. The largest absolute Gasteiger partial charge is 0.506 e. The molecule has 6 heteroatoms. The molecule has 0 bridgehead atoms. The van der Waals surface area contributed by atoms with Crippen LogP contribution >= 0.6 is 0 Å². The molecule has 2 N–H and O–H groups in total. The fraction of sp³-hybridized carbons (Fsp3) is 0.0870. The predicted octanol–water partition coefficient (Wildman–Crippen LogP) is 3.91. The number of rotatable bonds is 4. The summed E-state index contributed by atoms with van der Waals surface area (Å²) >= 11 is 0. The molecule has 0 aliphatic rings. The number of amides is 1. The lowest BCUT2D eigenvalue weighted by Crippen LogP contribution is -2.29. The number of hydrogen-bond donors (Lipinski definition) is 2. The number of aromatic hydroxyl groups is 1. The molecule has 2 heterocycles. The van der Waals surface area contributed by atoms with E-state index in [-0.39, 0.29) is 17.0 Å². The minimum Gasteiger partial charge on any atom is -0.506 e. The third-order valence-corrected chi connectivity index (χ3v) is 4.80. The third-order valence-electron chi connectivity index (χ3n) is 4.80. The highest BCUT2D eigenvalue weighted by Gasteiger charge is 2.24. The Hall–Kier alpha value is -3.93. The van der Waals surface area contributed by atoms with Crippen LogP contribution in [0.4, 0.5) is 5.69 Å². The highest BCUT2D eigenvalue weighted by molar-refractivity contribution is 6.09. The highest BCUT2D eigenvalue weighted by Crippen LogP contribution is 2.27. The fourth-order valence-electron chi connectivity index (χ4n) is 3.36. The van der Waals surface area contributed by atoms with Crippen LogP contribution in [-0.2, 0) is 6.42 Å². The van der Waals surface area contributed by atoms with Crippen molar-refractivity contribution in [3.05, 3.63) is 94.4 Å². The van der Waals surface area contributed by atoms with Gasteiger partial charge in [0.05, 0.1) is 11.1 Å². The first kappa shape index (κ1) is 18.4. The molecule has 0 aliphatic carbocycles. The van der Waals surface area contributed by atoms with Crippen molar-refractivity contribution in [2.45, 2.75) is 13.3 Å². The van der Waals surface area contributed by atoms with E-state index in [9.17, 15) is 14.7 Å². The lowest BCUT2D eigenvalue weighted by Gasteiger charge is -2.15. The first-order valence-corrected chi connectivity index (χ1v) is 9.29. The summed E-state index contributed by atoms with van der Waals surface area (Å²) in [5.74, 6) is -1.04. The van der Waals surface area contributed by atoms with Gasteiger partial charge in [-0.25, -0.2) is 4.98 Å². The van der Waals surface area contributed by atoms with Gasteiger partial charge in [0, 0.05) is 11.9 Å². The van der Waals surface area contributed by atoms with Crippen molar-refractivity contribution in [2.24, 2.45) is 0 Å². The normalized spacial score (nSPS) is 10.8. The predicted molar refractivity (Wildman–Crippen MR) is 113 cm³/mol. The average molecular weight is 385 g/mol. The van der Waals surface area contributed by atoms with Crippen molar-refractivity contribution >= 4 is 22.6 Å². The van der Waals surface area contributed by atoms with Gasteiger partial charge in [-0.1, -0.05) is 43.3 Å². The summed E-state index contributed by atoms with van der Waals surface area (Å²) in [6.45, 7) is 1.98. The van der Waals surface area contributed by atoms with Crippen molar-refractivity contribution in [2.75, 3.05) is 5.32 Å². The Kier molecular flexibility index (Phi) is 4.83. The number of carbonyl (C=O) groups excluding carboxylic acids is 1. The summed E-state index contributed by atoms with van der Waals surface area (Å²) < 4.78 is 1.34. The summed E-state index contributed by atoms with van der Waals surface area (Å²) in [7, 11) is 0. The number of pyridine rings is 2. The van der Waals surface area contributed by atoms with Gasteiger partial charge in [0.15, 0.2) is 5.65 Å². The van der Waals surface area contributed by atoms with Crippen LogP contribution < -0.4 is 10.9 Å². The molecule has 144 valence electrons. The Labute approximate surface area is 167 Å². The first-order chi connectivity index (χ1) is 14.1. The lowest BCUT2D eigenvalue weighted by atomic mass is 10.1. The Morgan fingerprint density at radius 2 is 1.76 bits per heavy atom. The molecule has 2 aromatic heterocycles. The Bertz CT molecular complexity index is 1260. The molecule has 4 rings (SSSR count). The van der Waals surface area contributed by atoms with Crippen molar-refractivity contribution in [1.82, 2.24) is 9.55 Å². The molecule has 0 saturated carbocycles. The number of para-hydroxylation sites is 2. The topological polar surface area (TPSA) is 84.2 Å². The standard InChI is InChI=1S/C23H19N3O3/c1-2-15-9-6-7-13-18(15)25-22(28)19-20(27)17-12-8-14-24-21(17)26(23(19)29)16-10-4-3-5-11-16/h3-14,27H,2H2,1H3,(H,25,28). The second kappa shape index (κ2) is 7.59. The van der Waals surface area contributed by atoms with Crippen LogP contribution in [-0.4, -0.2) is 20.6 Å². The van der Waals surface area contributed by atoms with Gasteiger partial charge in [0.2, 0.25) is 0 Å².